The average Bonchev–Trinajstić information content (AvgIpc) is 3.05. The highest BCUT2D eigenvalue weighted by Crippen LogP contribution is 2.47. The fraction of sp³-hybridized carbons (Fsp3) is 0.760. The normalized spacial score (nSPS) is 20.1. The Balaban J connectivity index is 1.80. The highest BCUT2D eigenvalue weighted by Gasteiger charge is 2.41. The van der Waals surface area contributed by atoms with E-state index in [2.05, 4.69) is 156 Å². The molecule has 0 radical (unpaired) electrons. The van der Waals surface area contributed by atoms with Gasteiger partial charge in [-0.3, -0.25) is 9.80 Å². The molecule has 0 atom stereocenters. The second kappa shape index (κ2) is 18.5. The third kappa shape index (κ3) is 13.1. The van der Waals surface area contributed by atoms with Crippen molar-refractivity contribution in [2.45, 2.75) is 242 Å². The second-order valence-corrected chi connectivity index (χ2v) is 23.6. The van der Waals surface area contributed by atoms with Crippen LogP contribution in [0.2, 0.25) is 0 Å². The van der Waals surface area contributed by atoms with Crippen LogP contribution in [-0.2, 0) is 23.9 Å². The molecule has 2 saturated heterocycles. The Morgan fingerprint density at radius 1 is 0.579 bits per heavy atom. The molecule has 2 aliphatic rings. The summed E-state index contributed by atoms with van der Waals surface area (Å²) in [6.45, 7) is 33.8. The lowest BCUT2D eigenvalue weighted by atomic mass is 9.78. The van der Waals surface area contributed by atoms with E-state index in [9.17, 15) is 10.2 Å². The van der Waals surface area contributed by atoms with E-state index in [1.165, 1.54) is 49.7 Å². The third-order valence-corrected chi connectivity index (χ3v) is 14.4. The van der Waals surface area contributed by atoms with Crippen molar-refractivity contribution < 1.29 is 10.2 Å². The molecule has 4 N–H and O–H groups in total. The maximum atomic E-state index is 12.3. The number of nitrogens with zero attached hydrogens (tertiary/aromatic N) is 2. The summed E-state index contributed by atoms with van der Waals surface area (Å²) in [5.74, 6) is 0.689. The maximum Gasteiger partial charge on any atom is 0.134 e. The summed E-state index contributed by atoms with van der Waals surface area (Å²) in [5.41, 5.74) is 4.50. The first-order valence-corrected chi connectivity index (χ1v) is 23.4. The van der Waals surface area contributed by atoms with Gasteiger partial charge in [0.1, 0.15) is 11.5 Å². The van der Waals surface area contributed by atoms with Crippen LogP contribution < -0.4 is 10.6 Å². The number of phenols is 2. The van der Waals surface area contributed by atoms with Gasteiger partial charge in [0.15, 0.2) is 0 Å². The molecule has 0 aromatic heterocycles. The van der Waals surface area contributed by atoms with Gasteiger partial charge < -0.3 is 20.8 Å². The van der Waals surface area contributed by atoms with Crippen molar-refractivity contribution in [3.05, 3.63) is 46.5 Å². The molecule has 0 aliphatic carbocycles. The predicted octanol–water partition coefficient (Wildman–Crippen LogP) is 12.4. The molecule has 2 aromatic rings. The molecular weight excluding hydrogens is 721 g/mol. The third-order valence-electron chi connectivity index (χ3n) is 13.3. The van der Waals surface area contributed by atoms with E-state index in [0.717, 1.165) is 59.4 Å². The van der Waals surface area contributed by atoms with Gasteiger partial charge in [0.05, 0.1) is 9.79 Å². The van der Waals surface area contributed by atoms with E-state index in [1.807, 2.05) is 0 Å². The molecule has 0 unspecified atom stereocenters. The zero-order valence-electron chi connectivity index (χ0n) is 39.6. The Bertz CT molecular complexity index is 1490. The lowest BCUT2D eigenvalue weighted by Crippen LogP contribution is -2.61. The van der Waals surface area contributed by atoms with Gasteiger partial charge in [-0.05, 0) is 142 Å². The van der Waals surface area contributed by atoms with Crippen molar-refractivity contribution >= 4 is 11.8 Å². The molecule has 6 nitrogen and oxygen atoms in total. The van der Waals surface area contributed by atoms with Crippen molar-refractivity contribution in [1.82, 2.24) is 20.4 Å². The number of hydrogen-bond donors (Lipinski definition) is 4. The minimum Gasteiger partial charge on any atom is -0.506 e. The fourth-order valence-corrected chi connectivity index (χ4v) is 11.6. The minimum absolute atomic E-state index is 0.0335. The zero-order valence-corrected chi connectivity index (χ0v) is 40.4. The molecule has 0 saturated carbocycles. The van der Waals surface area contributed by atoms with Gasteiger partial charge in [-0.15, -0.1) is 0 Å². The Labute approximate surface area is 355 Å². The van der Waals surface area contributed by atoms with Crippen molar-refractivity contribution in [3.8, 4) is 11.5 Å². The number of phenolic OH excluding ortho intramolecular Hbond substituents is 2. The molecule has 57 heavy (non-hydrogen) atoms. The van der Waals surface area contributed by atoms with Gasteiger partial charge in [-0.25, -0.2) is 0 Å². The number of rotatable bonds is 18. The summed E-state index contributed by atoms with van der Waals surface area (Å²) >= 11 is 1.55. The molecule has 0 bridgehead atoms. The molecule has 4 rings (SSSR count). The molecule has 0 amide bonds. The number of piperidine rings is 2. The summed E-state index contributed by atoms with van der Waals surface area (Å²) in [5, 5.41) is 32.3. The highest BCUT2D eigenvalue weighted by molar-refractivity contribution is 7.99. The topological polar surface area (TPSA) is 71.0 Å². The molecule has 2 fully saturated rings. The molecule has 324 valence electrons. The van der Waals surface area contributed by atoms with Gasteiger partial charge in [0.25, 0.3) is 0 Å². The number of benzene rings is 2. The largest absolute Gasteiger partial charge is 0.506 e. The van der Waals surface area contributed by atoms with E-state index in [4.69, 9.17) is 0 Å². The first-order chi connectivity index (χ1) is 26.2. The summed E-state index contributed by atoms with van der Waals surface area (Å²) in [6.07, 6.45) is 13.6. The number of unbranched alkanes of at least 4 members (excludes halogenated alkanes) is 4. The number of nitrogens with one attached hydrogen (secondary N) is 2. The van der Waals surface area contributed by atoms with Crippen LogP contribution in [-0.4, -0.2) is 68.3 Å². The highest BCUT2D eigenvalue weighted by atomic mass is 32.2. The van der Waals surface area contributed by atoms with E-state index >= 15 is 0 Å². The summed E-state index contributed by atoms with van der Waals surface area (Å²) in [7, 11) is 4.47. The first kappa shape index (κ1) is 47.9. The molecule has 7 heteroatoms. The Kier molecular flexibility index (Phi) is 15.5. The number of aromatic hydroxyl groups is 2. The van der Waals surface area contributed by atoms with Crippen LogP contribution in [0, 0.1) is 0 Å². The minimum atomic E-state index is -0.0559. The Morgan fingerprint density at radius 2 is 0.895 bits per heavy atom. The van der Waals surface area contributed by atoms with Crippen molar-refractivity contribution in [3.63, 3.8) is 0 Å². The van der Waals surface area contributed by atoms with Crippen LogP contribution in [0.15, 0.2) is 34.1 Å². The quantitative estimate of drug-likeness (QED) is 0.112. The molecule has 2 aliphatic heterocycles. The van der Waals surface area contributed by atoms with E-state index in [-0.39, 0.29) is 33.0 Å². The van der Waals surface area contributed by atoms with Crippen molar-refractivity contribution in [2.24, 2.45) is 0 Å². The first-order valence-electron chi connectivity index (χ1n) is 22.6. The van der Waals surface area contributed by atoms with Crippen LogP contribution in [0.4, 0.5) is 0 Å². The lowest BCUT2D eigenvalue weighted by molar-refractivity contribution is 0.0769. The average molecular weight is 807 g/mol. The zero-order chi connectivity index (χ0) is 42.8. The summed E-state index contributed by atoms with van der Waals surface area (Å²) < 4.78 is 0. The van der Waals surface area contributed by atoms with E-state index in [0.29, 0.717) is 36.7 Å². The van der Waals surface area contributed by atoms with Gasteiger partial charge >= 0.3 is 0 Å². The van der Waals surface area contributed by atoms with E-state index in [1.54, 1.807) is 11.8 Å². The summed E-state index contributed by atoms with van der Waals surface area (Å²) in [4.78, 5) is 6.61. The van der Waals surface area contributed by atoms with Gasteiger partial charge in [-0.2, -0.15) is 0 Å². The predicted molar refractivity (Wildman–Crippen MR) is 246 cm³/mol. The SMILES string of the molecule is CCCCCC(C)(C)c1cc(CN(C)C2CC(C)(C)NC(C)(C)C2)c(O)c(Sc2cc(C(C)(C)CCCCC)cc(CN(C)C3CC(C)(C)NC(C)(C)C3)c2O)c1. The maximum absolute atomic E-state index is 12.3. The van der Waals surface area contributed by atoms with Gasteiger partial charge in [0, 0.05) is 58.5 Å². The van der Waals surface area contributed by atoms with E-state index < -0.39 is 0 Å². The smallest absolute Gasteiger partial charge is 0.134 e. The summed E-state index contributed by atoms with van der Waals surface area (Å²) in [6, 6.07) is 9.81. The van der Waals surface area contributed by atoms with Crippen LogP contribution >= 0.6 is 11.8 Å². The fourth-order valence-electron chi connectivity index (χ4n) is 10.5. The van der Waals surface area contributed by atoms with Gasteiger partial charge in [-0.1, -0.05) is 104 Å². The Morgan fingerprint density at radius 3 is 1.19 bits per heavy atom. The molecule has 2 aromatic carbocycles. The lowest BCUT2D eigenvalue weighted by Gasteiger charge is -2.49. The van der Waals surface area contributed by atoms with Crippen LogP contribution in [0.25, 0.3) is 0 Å². The van der Waals surface area contributed by atoms with Gasteiger partial charge in [0.2, 0.25) is 0 Å². The molecule has 0 spiro atoms. The number of hydrogen-bond acceptors (Lipinski definition) is 7. The second-order valence-electron chi connectivity index (χ2n) is 22.5. The standard InChI is InChI=1S/C50H86N4O2S/c1-17-19-21-23-45(3,4)37-25-35(33-53(15)39-29-47(7,8)51-48(9,10)30-39)43(55)41(27-37)57-42-28-38(46(5,6)24-22-20-18-2)26-36(44(42)56)34-54(16)40-31-49(11,12)52-50(13,14)32-40/h25-28,39-40,51-52,55-56H,17-24,29-34H2,1-16H3. The molecular formula is C50H86N4O2S. The van der Waals surface area contributed by atoms with Crippen LogP contribution in [0.3, 0.4) is 0 Å². The monoisotopic (exact) mass is 807 g/mol. The Hall–Kier alpha value is -1.77. The molecule has 2 heterocycles. The van der Waals surface area contributed by atoms with Crippen LogP contribution in [0.5, 0.6) is 11.5 Å². The van der Waals surface area contributed by atoms with Crippen LogP contribution in [0.1, 0.15) is 196 Å². The van der Waals surface area contributed by atoms with Crippen molar-refractivity contribution in [1.29, 1.82) is 0 Å². The van der Waals surface area contributed by atoms with Crippen molar-refractivity contribution in [2.75, 3.05) is 14.1 Å².